The van der Waals surface area contributed by atoms with Gasteiger partial charge in [0.2, 0.25) is 0 Å². The fraction of sp³-hybridized carbons (Fsp3) is 0. The maximum Gasteiger partial charge on any atom is 0.272 e. The first-order chi connectivity index (χ1) is 9.92. The Kier molecular flexibility index (Phi) is 4.68. The third-order valence-corrected chi connectivity index (χ3v) is 3.65. The van der Waals surface area contributed by atoms with E-state index in [9.17, 15) is 10.1 Å². The summed E-state index contributed by atoms with van der Waals surface area (Å²) in [5, 5.41) is 19.5. The van der Waals surface area contributed by atoms with E-state index in [1.807, 2.05) is 6.07 Å². The van der Waals surface area contributed by atoms with Gasteiger partial charge in [-0.1, -0.05) is 23.2 Å². The summed E-state index contributed by atoms with van der Waals surface area (Å²) < 4.78 is 6.10. The van der Waals surface area contributed by atoms with E-state index in [1.165, 1.54) is 0 Å². The smallest absolute Gasteiger partial charge is 0.272 e. The molecular formula is C13H5BrCl2N2O3. The molecule has 0 aliphatic carbocycles. The second-order valence-electron chi connectivity index (χ2n) is 3.85. The molecule has 2 rings (SSSR count). The van der Waals surface area contributed by atoms with Crippen LogP contribution in [-0.4, -0.2) is 4.92 Å². The SMILES string of the molecule is N#Cc1ccc(Oc2c(Cl)cc([N+](=O)[O-])cc2Cl)c(Br)c1. The van der Waals surface area contributed by atoms with E-state index in [1.54, 1.807) is 18.2 Å². The van der Waals surface area contributed by atoms with Crippen molar-refractivity contribution in [2.75, 3.05) is 0 Å². The van der Waals surface area contributed by atoms with Crippen LogP contribution in [-0.2, 0) is 0 Å². The Morgan fingerprint density at radius 2 is 1.86 bits per heavy atom. The van der Waals surface area contributed by atoms with Gasteiger partial charge in [-0.2, -0.15) is 5.26 Å². The molecule has 0 atom stereocenters. The number of ether oxygens (including phenoxy) is 1. The zero-order chi connectivity index (χ0) is 15.6. The minimum Gasteiger partial charge on any atom is -0.453 e. The highest BCUT2D eigenvalue weighted by Gasteiger charge is 2.17. The van der Waals surface area contributed by atoms with E-state index in [4.69, 9.17) is 33.2 Å². The van der Waals surface area contributed by atoms with Gasteiger partial charge in [0.1, 0.15) is 5.75 Å². The Morgan fingerprint density at radius 1 is 1.24 bits per heavy atom. The number of halogens is 3. The van der Waals surface area contributed by atoms with Crippen LogP contribution < -0.4 is 4.74 Å². The number of nitriles is 1. The first-order valence-electron chi connectivity index (χ1n) is 5.43. The first-order valence-corrected chi connectivity index (χ1v) is 6.98. The first kappa shape index (κ1) is 15.6. The van der Waals surface area contributed by atoms with Crippen molar-refractivity contribution in [3.63, 3.8) is 0 Å². The van der Waals surface area contributed by atoms with E-state index in [0.717, 1.165) is 12.1 Å². The molecule has 0 bridgehead atoms. The van der Waals surface area contributed by atoms with Crippen LogP contribution in [0.3, 0.4) is 0 Å². The third-order valence-electron chi connectivity index (χ3n) is 2.47. The lowest BCUT2D eigenvalue weighted by Gasteiger charge is -2.11. The lowest BCUT2D eigenvalue weighted by molar-refractivity contribution is -0.384. The van der Waals surface area contributed by atoms with Gasteiger partial charge < -0.3 is 4.74 Å². The predicted octanol–water partition coefficient (Wildman–Crippen LogP) is 5.33. The molecule has 0 fully saturated rings. The molecule has 0 spiro atoms. The monoisotopic (exact) mass is 386 g/mol. The molecule has 0 aliphatic heterocycles. The number of non-ortho nitro benzene ring substituents is 1. The molecule has 0 N–H and O–H groups in total. The minimum absolute atomic E-state index is 0.0189. The van der Waals surface area contributed by atoms with Gasteiger partial charge in [0.15, 0.2) is 5.75 Å². The van der Waals surface area contributed by atoms with Crippen LogP contribution in [0.2, 0.25) is 10.0 Å². The molecule has 0 unspecified atom stereocenters. The molecule has 106 valence electrons. The summed E-state index contributed by atoms with van der Waals surface area (Å²) in [7, 11) is 0. The lowest BCUT2D eigenvalue weighted by atomic mass is 10.2. The van der Waals surface area contributed by atoms with Crippen LogP contribution >= 0.6 is 39.1 Å². The van der Waals surface area contributed by atoms with Gasteiger partial charge >= 0.3 is 0 Å². The van der Waals surface area contributed by atoms with Crippen LogP contribution in [0.5, 0.6) is 11.5 Å². The number of rotatable bonds is 3. The zero-order valence-corrected chi connectivity index (χ0v) is 13.2. The van der Waals surface area contributed by atoms with E-state index in [2.05, 4.69) is 15.9 Å². The second-order valence-corrected chi connectivity index (χ2v) is 5.52. The standard InChI is InChI=1S/C13H5BrCl2N2O3/c14-9-3-7(6-17)1-2-12(9)21-13-10(15)4-8(18(19)20)5-11(13)16/h1-5H. The fourth-order valence-corrected chi connectivity index (χ4v) is 2.52. The highest BCUT2D eigenvalue weighted by molar-refractivity contribution is 9.10. The average Bonchev–Trinajstić information content (AvgIpc) is 2.43. The molecule has 0 saturated carbocycles. The van der Waals surface area contributed by atoms with Gasteiger partial charge in [0, 0.05) is 12.1 Å². The molecular weight excluding hydrogens is 383 g/mol. The van der Waals surface area contributed by atoms with Crippen LogP contribution in [0.4, 0.5) is 5.69 Å². The predicted molar refractivity (Wildman–Crippen MR) is 82.0 cm³/mol. The zero-order valence-electron chi connectivity index (χ0n) is 10.1. The van der Waals surface area contributed by atoms with Crippen molar-refractivity contribution in [3.8, 4) is 17.6 Å². The highest BCUT2D eigenvalue weighted by atomic mass is 79.9. The van der Waals surface area contributed by atoms with Crippen molar-refractivity contribution >= 4 is 44.8 Å². The number of hydrogen-bond acceptors (Lipinski definition) is 4. The molecule has 21 heavy (non-hydrogen) atoms. The topological polar surface area (TPSA) is 76.2 Å². The Labute approximate surface area is 137 Å². The summed E-state index contributed by atoms with van der Waals surface area (Å²) >= 11 is 15.2. The molecule has 0 aliphatic rings. The number of nitro benzene ring substituents is 1. The molecule has 0 aromatic heterocycles. The third kappa shape index (κ3) is 3.45. The summed E-state index contributed by atoms with van der Waals surface area (Å²) in [6, 6.07) is 9.00. The van der Waals surface area contributed by atoms with Gasteiger partial charge in [-0.05, 0) is 34.1 Å². The summed E-state index contributed by atoms with van der Waals surface area (Å²) in [6.45, 7) is 0. The van der Waals surface area contributed by atoms with E-state index in [-0.39, 0.29) is 21.5 Å². The molecule has 0 radical (unpaired) electrons. The largest absolute Gasteiger partial charge is 0.453 e. The van der Waals surface area contributed by atoms with Crippen LogP contribution in [0, 0.1) is 21.4 Å². The van der Waals surface area contributed by atoms with Gasteiger partial charge in [-0.25, -0.2) is 0 Å². The average molecular weight is 388 g/mol. The van der Waals surface area contributed by atoms with Gasteiger partial charge in [-0.3, -0.25) is 10.1 Å². The van der Waals surface area contributed by atoms with E-state index >= 15 is 0 Å². The Morgan fingerprint density at radius 3 is 2.33 bits per heavy atom. The van der Waals surface area contributed by atoms with Gasteiger partial charge in [0.25, 0.3) is 5.69 Å². The number of nitrogens with zero attached hydrogens (tertiary/aromatic N) is 2. The number of benzene rings is 2. The summed E-state index contributed by atoms with van der Waals surface area (Å²) in [4.78, 5) is 10.1. The summed E-state index contributed by atoms with van der Waals surface area (Å²) in [5.74, 6) is 0.487. The summed E-state index contributed by atoms with van der Waals surface area (Å²) in [5.41, 5.74) is 0.228. The van der Waals surface area contributed by atoms with Crippen molar-refractivity contribution in [2.24, 2.45) is 0 Å². The molecule has 8 heteroatoms. The quantitative estimate of drug-likeness (QED) is 0.526. The number of hydrogen-bond donors (Lipinski definition) is 0. The van der Waals surface area contributed by atoms with E-state index in [0.29, 0.717) is 15.8 Å². The van der Waals surface area contributed by atoms with Crippen LogP contribution in [0.1, 0.15) is 5.56 Å². The van der Waals surface area contributed by atoms with Crippen molar-refractivity contribution in [1.82, 2.24) is 0 Å². The molecule has 5 nitrogen and oxygen atoms in total. The van der Waals surface area contributed by atoms with Crippen molar-refractivity contribution in [1.29, 1.82) is 5.26 Å². The fourth-order valence-electron chi connectivity index (χ4n) is 1.51. The van der Waals surface area contributed by atoms with Gasteiger partial charge in [0.05, 0.1) is 31.1 Å². The minimum atomic E-state index is -0.598. The second kappa shape index (κ2) is 6.31. The van der Waals surface area contributed by atoms with Crippen LogP contribution in [0.15, 0.2) is 34.8 Å². The maximum absolute atomic E-state index is 10.7. The summed E-state index contributed by atoms with van der Waals surface area (Å²) in [6.07, 6.45) is 0. The molecule has 0 heterocycles. The Hall–Kier alpha value is -1.81. The van der Waals surface area contributed by atoms with Crippen LogP contribution in [0.25, 0.3) is 0 Å². The highest BCUT2D eigenvalue weighted by Crippen LogP contribution is 2.41. The Bertz CT molecular complexity index is 751. The van der Waals surface area contributed by atoms with Crippen molar-refractivity contribution in [2.45, 2.75) is 0 Å². The van der Waals surface area contributed by atoms with Crippen molar-refractivity contribution in [3.05, 3.63) is 60.5 Å². The van der Waals surface area contributed by atoms with Crippen molar-refractivity contribution < 1.29 is 9.66 Å². The molecule has 2 aromatic carbocycles. The normalized spacial score (nSPS) is 10.0. The van der Waals surface area contributed by atoms with E-state index < -0.39 is 4.92 Å². The maximum atomic E-state index is 10.7. The Balaban J connectivity index is 2.41. The lowest BCUT2D eigenvalue weighted by Crippen LogP contribution is -1.92. The number of nitro groups is 1. The van der Waals surface area contributed by atoms with Gasteiger partial charge in [-0.15, -0.1) is 0 Å². The molecule has 0 saturated heterocycles. The molecule has 0 amide bonds. The molecule has 2 aromatic rings.